The molecule has 0 saturated heterocycles. The number of hydrogen-bond donors (Lipinski definition) is 0. The third-order valence-corrected chi connectivity index (χ3v) is 7.88. The van der Waals surface area contributed by atoms with E-state index in [9.17, 15) is 0 Å². The molecule has 0 aliphatic rings. The lowest BCUT2D eigenvalue weighted by Crippen LogP contribution is -2.25. The fraction of sp³-hybridized carbons (Fsp3) is 0.789. The van der Waals surface area contributed by atoms with Crippen molar-refractivity contribution in [3.05, 3.63) is 48.9 Å². The van der Waals surface area contributed by atoms with E-state index in [1.54, 1.807) is 0 Å². The van der Waals surface area contributed by atoms with Crippen LogP contribution in [0.4, 0.5) is 0 Å². The smallest absolute Gasteiger partial charge is 0.1000 e. The number of nitrogens with zero attached hydrogens (tertiary/aromatic N) is 1. The molecule has 0 unspecified atom stereocenters. The average molecular weight is 543 g/mol. The largest absolute Gasteiger partial charge is 0.276 e. The lowest BCUT2D eigenvalue weighted by molar-refractivity contribution is -0.784. The molecule has 0 bridgehead atoms. The molecule has 0 aliphatic carbocycles. The summed E-state index contributed by atoms with van der Waals surface area (Å²) in [6.45, 7) is 4.59. The van der Waals surface area contributed by atoms with E-state index >= 15 is 0 Å². The number of unbranched alkanes of at least 4 members (excludes halogenated alkanes) is 24. The first-order chi connectivity index (χ1) is 19.1. The van der Waals surface area contributed by atoms with E-state index in [0.717, 1.165) is 4.48 Å². The maximum atomic E-state index is 2.34. The molecule has 1 heteroatoms. The van der Waals surface area contributed by atoms with Crippen molar-refractivity contribution >= 4 is 0 Å². The predicted octanol–water partition coefficient (Wildman–Crippen LogP) is 13.4. The number of rotatable bonds is 30. The minimum atomic E-state index is 0.784. The third-order valence-electron chi connectivity index (χ3n) is 7.88. The van der Waals surface area contributed by atoms with E-state index in [1.165, 1.54) is 167 Å². The van der Waals surface area contributed by atoms with Crippen LogP contribution in [-0.4, -0.2) is 18.6 Å². The van der Waals surface area contributed by atoms with Crippen molar-refractivity contribution in [2.24, 2.45) is 0 Å². The van der Waals surface area contributed by atoms with Gasteiger partial charge in [-0.05, 0) is 37.8 Å². The SMILES string of the molecule is CCCCCCCCCCCCCC/C=C/C=C/[N+](C)(C)/C=C/C=C/CCCCCCCCCCCCCC. The molecule has 0 atom stereocenters. The zero-order chi connectivity index (χ0) is 28.5. The second-order valence-electron chi connectivity index (χ2n) is 12.5. The molecule has 0 rings (SSSR count). The summed E-state index contributed by atoms with van der Waals surface area (Å²) in [5.41, 5.74) is 0. The fourth-order valence-corrected chi connectivity index (χ4v) is 5.15. The first-order valence-electron chi connectivity index (χ1n) is 17.6. The Kier molecular flexibility index (Phi) is 30.6. The van der Waals surface area contributed by atoms with Gasteiger partial charge in [-0.2, -0.15) is 0 Å². The maximum absolute atomic E-state index is 2.34. The predicted molar refractivity (Wildman–Crippen MR) is 180 cm³/mol. The topological polar surface area (TPSA) is 0 Å². The van der Waals surface area contributed by atoms with Gasteiger partial charge in [0.1, 0.15) is 0 Å². The molecule has 39 heavy (non-hydrogen) atoms. The van der Waals surface area contributed by atoms with Gasteiger partial charge in [0, 0.05) is 0 Å². The van der Waals surface area contributed by atoms with Crippen LogP contribution in [0.25, 0.3) is 0 Å². The first-order valence-corrected chi connectivity index (χ1v) is 17.6. The van der Waals surface area contributed by atoms with E-state index < -0.39 is 0 Å². The Morgan fingerprint density at radius 3 is 0.872 bits per heavy atom. The third kappa shape index (κ3) is 33.0. The number of allylic oxidation sites excluding steroid dienone is 6. The van der Waals surface area contributed by atoms with Crippen molar-refractivity contribution < 1.29 is 4.48 Å². The first kappa shape index (κ1) is 37.9. The lowest BCUT2D eigenvalue weighted by atomic mass is 10.0. The molecule has 0 aromatic rings. The average Bonchev–Trinajstić information content (AvgIpc) is 2.92. The number of quaternary nitrogens is 1. The summed E-state index contributed by atoms with van der Waals surface area (Å²) in [5, 5.41) is 0. The highest BCUT2D eigenvalue weighted by atomic mass is 15.3. The summed E-state index contributed by atoms with van der Waals surface area (Å²) in [6, 6.07) is 0. The van der Waals surface area contributed by atoms with Gasteiger partial charge in [-0.25, -0.2) is 0 Å². The second-order valence-corrected chi connectivity index (χ2v) is 12.5. The second kappa shape index (κ2) is 31.4. The molecule has 0 heterocycles. The van der Waals surface area contributed by atoms with Gasteiger partial charge in [0.2, 0.25) is 0 Å². The molecule has 0 radical (unpaired) electrons. The molecular formula is C38H72N+. The van der Waals surface area contributed by atoms with E-state index in [1.807, 2.05) is 0 Å². The van der Waals surface area contributed by atoms with Crippen LogP contribution < -0.4 is 0 Å². The Bertz CT molecular complexity index is 530. The van der Waals surface area contributed by atoms with Crippen LogP contribution in [0.3, 0.4) is 0 Å². The van der Waals surface area contributed by atoms with Crippen molar-refractivity contribution in [2.45, 2.75) is 181 Å². The van der Waals surface area contributed by atoms with Crippen molar-refractivity contribution in [3.8, 4) is 0 Å². The Hall–Kier alpha value is -1.08. The zero-order valence-electron chi connectivity index (χ0n) is 27.5. The van der Waals surface area contributed by atoms with Gasteiger partial charge in [-0.15, -0.1) is 0 Å². The standard InChI is InChI=1S/C38H72N/c1-5-7-9-11-13-15-17-19-21-23-25-27-29-31-33-35-37-39(3,4)38-36-34-32-30-28-26-24-22-20-18-16-14-12-10-8-6-2/h31-38H,5-30H2,1-4H3/q+1/b33-31+,34-32+,37-35+,38-36+. The van der Waals surface area contributed by atoms with E-state index in [-0.39, 0.29) is 0 Å². The Morgan fingerprint density at radius 2 is 0.590 bits per heavy atom. The van der Waals surface area contributed by atoms with Crippen molar-refractivity contribution in [1.29, 1.82) is 0 Å². The molecule has 228 valence electrons. The highest BCUT2D eigenvalue weighted by molar-refractivity contribution is 5.03. The van der Waals surface area contributed by atoms with Gasteiger partial charge in [-0.1, -0.05) is 179 Å². The minimum absolute atomic E-state index is 0.784. The van der Waals surface area contributed by atoms with Gasteiger partial charge < -0.3 is 0 Å². The van der Waals surface area contributed by atoms with E-state index in [4.69, 9.17) is 0 Å². The lowest BCUT2D eigenvalue weighted by Gasteiger charge is -2.18. The zero-order valence-corrected chi connectivity index (χ0v) is 27.5. The van der Waals surface area contributed by atoms with Gasteiger partial charge in [0.25, 0.3) is 0 Å². The summed E-state index contributed by atoms with van der Waals surface area (Å²) in [5.74, 6) is 0. The summed E-state index contributed by atoms with van der Waals surface area (Å²) in [7, 11) is 4.45. The molecule has 0 fully saturated rings. The summed E-state index contributed by atoms with van der Waals surface area (Å²) in [4.78, 5) is 0. The molecule has 0 saturated carbocycles. The minimum Gasteiger partial charge on any atom is -0.276 e. The van der Waals surface area contributed by atoms with Crippen LogP contribution in [0.1, 0.15) is 181 Å². The van der Waals surface area contributed by atoms with Gasteiger partial charge >= 0.3 is 0 Å². The van der Waals surface area contributed by atoms with Crippen LogP contribution in [0.2, 0.25) is 0 Å². The van der Waals surface area contributed by atoms with Crippen LogP contribution in [-0.2, 0) is 0 Å². The number of hydrogen-bond acceptors (Lipinski definition) is 0. The van der Waals surface area contributed by atoms with Crippen molar-refractivity contribution in [1.82, 2.24) is 0 Å². The summed E-state index contributed by atoms with van der Waals surface area (Å²) < 4.78 is 0.784. The monoisotopic (exact) mass is 543 g/mol. The van der Waals surface area contributed by atoms with Crippen molar-refractivity contribution in [2.75, 3.05) is 14.1 Å². The van der Waals surface area contributed by atoms with E-state index in [2.05, 4.69) is 76.8 Å². The molecular weight excluding hydrogens is 470 g/mol. The van der Waals surface area contributed by atoms with Gasteiger partial charge in [0.05, 0.1) is 26.5 Å². The highest BCUT2D eigenvalue weighted by Gasteiger charge is 2.03. The van der Waals surface area contributed by atoms with E-state index in [0.29, 0.717) is 0 Å². The Balaban J connectivity index is 3.57. The maximum Gasteiger partial charge on any atom is 0.1000 e. The Labute approximate surface area is 247 Å². The normalized spacial score (nSPS) is 12.8. The summed E-state index contributed by atoms with van der Waals surface area (Å²) in [6.07, 6.45) is 54.7. The molecule has 0 N–H and O–H groups in total. The quantitative estimate of drug-likeness (QED) is 0.0481. The molecule has 0 aromatic carbocycles. The molecule has 0 aromatic heterocycles. The van der Waals surface area contributed by atoms with Gasteiger partial charge in [-0.3, -0.25) is 4.48 Å². The van der Waals surface area contributed by atoms with Crippen LogP contribution in [0.15, 0.2) is 48.9 Å². The molecule has 0 amide bonds. The summed E-state index contributed by atoms with van der Waals surface area (Å²) >= 11 is 0. The van der Waals surface area contributed by atoms with Crippen molar-refractivity contribution in [3.63, 3.8) is 0 Å². The molecule has 1 nitrogen and oxygen atoms in total. The van der Waals surface area contributed by atoms with Gasteiger partial charge in [0.15, 0.2) is 0 Å². The molecule has 0 aliphatic heterocycles. The van der Waals surface area contributed by atoms with Crippen LogP contribution in [0, 0.1) is 0 Å². The van der Waals surface area contributed by atoms with Crippen LogP contribution >= 0.6 is 0 Å². The highest BCUT2D eigenvalue weighted by Crippen LogP contribution is 2.14. The Morgan fingerprint density at radius 1 is 0.333 bits per heavy atom. The fourth-order valence-electron chi connectivity index (χ4n) is 5.15. The molecule has 0 spiro atoms. The van der Waals surface area contributed by atoms with Crippen LogP contribution in [0.5, 0.6) is 0 Å².